The zero-order valence-corrected chi connectivity index (χ0v) is 14.7. The molecule has 2 N–H and O–H groups in total. The van der Waals surface area contributed by atoms with E-state index in [-0.39, 0.29) is 11.7 Å². The predicted molar refractivity (Wildman–Crippen MR) is 93.0 cm³/mol. The predicted octanol–water partition coefficient (Wildman–Crippen LogP) is 3.88. The molecule has 1 fully saturated rings. The second-order valence-corrected chi connectivity index (χ2v) is 7.30. The molecule has 2 amide bonds. The lowest BCUT2D eigenvalue weighted by Gasteiger charge is -2.39. The topological polar surface area (TPSA) is 58.2 Å². The molecule has 1 aliphatic rings. The molecule has 1 saturated carbocycles. The lowest BCUT2D eigenvalue weighted by molar-refractivity contribution is -0.136. The number of anilines is 1. The summed E-state index contributed by atoms with van der Waals surface area (Å²) in [6, 6.07) is 5.82. The molecule has 0 heterocycles. The van der Waals surface area contributed by atoms with E-state index in [9.17, 15) is 14.0 Å². The highest BCUT2D eigenvalue weighted by molar-refractivity contribution is 6.39. The van der Waals surface area contributed by atoms with Gasteiger partial charge in [0.25, 0.3) is 0 Å². The van der Waals surface area contributed by atoms with Crippen molar-refractivity contribution in [2.45, 2.75) is 58.9 Å². The third-order valence-electron chi connectivity index (χ3n) is 5.41. The maximum atomic E-state index is 13.5. The molecule has 1 aliphatic carbocycles. The monoisotopic (exact) mass is 334 g/mol. The highest BCUT2D eigenvalue weighted by Crippen LogP contribution is 2.40. The van der Waals surface area contributed by atoms with Gasteiger partial charge in [0.2, 0.25) is 0 Å². The van der Waals surface area contributed by atoms with Crippen molar-refractivity contribution < 1.29 is 14.0 Å². The molecule has 2 rings (SSSR count). The first-order valence-corrected chi connectivity index (χ1v) is 8.70. The number of carbonyl (C=O) groups is 2. The molecule has 5 heteroatoms. The zero-order chi connectivity index (χ0) is 17.7. The number of carbonyl (C=O) groups excluding carboxylic acids is 2. The van der Waals surface area contributed by atoms with Crippen LogP contribution in [-0.2, 0) is 9.59 Å². The normalized spacial score (nSPS) is 21.2. The minimum absolute atomic E-state index is 0.0195. The number of benzene rings is 1. The van der Waals surface area contributed by atoms with Gasteiger partial charge >= 0.3 is 11.8 Å². The fourth-order valence-electron chi connectivity index (χ4n) is 3.30. The molecular formula is C19H27FN2O2. The van der Waals surface area contributed by atoms with Crippen molar-refractivity contribution >= 4 is 17.5 Å². The molecule has 24 heavy (non-hydrogen) atoms. The lowest BCUT2D eigenvalue weighted by Crippen LogP contribution is -2.44. The second-order valence-electron chi connectivity index (χ2n) is 7.30. The van der Waals surface area contributed by atoms with Gasteiger partial charge in [-0.1, -0.05) is 39.3 Å². The largest absolute Gasteiger partial charge is 0.345 e. The Balaban J connectivity index is 1.83. The van der Waals surface area contributed by atoms with Crippen LogP contribution in [0.4, 0.5) is 10.1 Å². The summed E-state index contributed by atoms with van der Waals surface area (Å²) in [4.78, 5) is 23.9. The van der Waals surface area contributed by atoms with E-state index in [0.29, 0.717) is 11.3 Å². The fourth-order valence-corrected chi connectivity index (χ4v) is 3.30. The molecule has 0 aliphatic heterocycles. The van der Waals surface area contributed by atoms with Crippen molar-refractivity contribution in [2.24, 2.45) is 11.3 Å². The van der Waals surface area contributed by atoms with Crippen molar-refractivity contribution in [3.05, 3.63) is 30.1 Å². The van der Waals surface area contributed by atoms with Gasteiger partial charge in [0.15, 0.2) is 0 Å². The van der Waals surface area contributed by atoms with Gasteiger partial charge in [-0.3, -0.25) is 9.59 Å². The Kier molecular flexibility index (Phi) is 5.97. The highest BCUT2D eigenvalue weighted by Gasteiger charge is 2.32. The summed E-state index contributed by atoms with van der Waals surface area (Å²) in [7, 11) is 0. The quantitative estimate of drug-likeness (QED) is 0.821. The summed E-state index contributed by atoms with van der Waals surface area (Å²) < 4.78 is 13.5. The number of halogens is 1. The lowest BCUT2D eigenvalue weighted by atomic mass is 9.69. The van der Waals surface area contributed by atoms with Crippen LogP contribution in [-0.4, -0.2) is 17.9 Å². The number of hydrogen-bond acceptors (Lipinski definition) is 2. The summed E-state index contributed by atoms with van der Waals surface area (Å²) >= 11 is 0. The van der Waals surface area contributed by atoms with Crippen LogP contribution >= 0.6 is 0 Å². The van der Waals surface area contributed by atoms with E-state index in [2.05, 4.69) is 31.4 Å². The van der Waals surface area contributed by atoms with Crippen LogP contribution in [0, 0.1) is 17.2 Å². The molecule has 0 atom stereocenters. The van der Waals surface area contributed by atoms with Crippen LogP contribution in [0.15, 0.2) is 24.3 Å². The fraction of sp³-hybridized carbons (Fsp3) is 0.579. The van der Waals surface area contributed by atoms with Crippen molar-refractivity contribution in [2.75, 3.05) is 5.32 Å². The third kappa shape index (κ3) is 4.56. The van der Waals surface area contributed by atoms with E-state index in [1.807, 2.05) is 0 Å². The van der Waals surface area contributed by atoms with Crippen LogP contribution in [0.25, 0.3) is 0 Å². The average molecular weight is 334 g/mol. The molecule has 132 valence electrons. The first-order valence-electron chi connectivity index (χ1n) is 8.70. The van der Waals surface area contributed by atoms with Crippen molar-refractivity contribution in [3.63, 3.8) is 0 Å². The summed E-state index contributed by atoms with van der Waals surface area (Å²) in [5.74, 6) is -1.42. The van der Waals surface area contributed by atoms with E-state index in [1.54, 1.807) is 6.07 Å². The number of para-hydroxylation sites is 1. The molecule has 0 spiro atoms. The van der Waals surface area contributed by atoms with E-state index in [1.165, 1.54) is 18.2 Å². The number of amides is 2. The van der Waals surface area contributed by atoms with Crippen molar-refractivity contribution in [3.8, 4) is 0 Å². The Morgan fingerprint density at radius 3 is 2.33 bits per heavy atom. The first-order chi connectivity index (χ1) is 11.3. The second kappa shape index (κ2) is 7.77. The zero-order valence-electron chi connectivity index (χ0n) is 14.7. The average Bonchev–Trinajstić information content (AvgIpc) is 2.57. The van der Waals surface area contributed by atoms with Crippen LogP contribution in [0.5, 0.6) is 0 Å². The summed E-state index contributed by atoms with van der Waals surface area (Å²) in [5.41, 5.74) is 0.336. The van der Waals surface area contributed by atoms with Gasteiger partial charge < -0.3 is 10.6 Å². The molecule has 0 bridgehead atoms. The van der Waals surface area contributed by atoms with Crippen molar-refractivity contribution in [1.82, 2.24) is 5.32 Å². The molecule has 4 nitrogen and oxygen atoms in total. The van der Waals surface area contributed by atoms with Gasteiger partial charge in [0.1, 0.15) is 5.82 Å². The summed E-state index contributed by atoms with van der Waals surface area (Å²) in [5, 5.41) is 5.09. The van der Waals surface area contributed by atoms with Crippen LogP contribution in [0.2, 0.25) is 0 Å². The van der Waals surface area contributed by atoms with Crippen LogP contribution in [0.3, 0.4) is 0 Å². The number of rotatable bonds is 4. The maximum absolute atomic E-state index is 13.5. The van der Waals surface area contributed by atoms with E-state index in [0.717, 1.165) is 32.1 Å². The van der Waals surface area contributed by atoms with Gasteiger partial charge in [0.05, 0.1) is 5.69 Å². The van der Waals surface area contributed by atoms with E-state index in [4.69, 9.17) is 0 Å². The van der Waals surface area contributed by atoms with Crippen LogP contribution < -0.4 is 10.6 Å². The Morgan fingerprint density at radius 2 is 1.75 bits per heavy atom. The first kappa shape index (κ1) is 18.4. The number of nitrogens with one attached hydrogen (secondary N) is 2. The Morgan fingerprint density at radius 1 is 1.12 bits per heavy atom. The SMILES string of the molecule is CCC(C)(C)C1CCC(NC(=O)C(=O)Nc2ccccc2F)CC1. The van der Waals surface area contributed by atoms with Gasteiger partial charge in [-0.15, -0.1) is 0 Å². The molecule has 1 aromatic rings. The summed E-state index contributed by atoms with van der Waals surface area (Å²) in [6.07, 6.45) is 5.01. The minimum atomic E-state index is -0.823. The molecular weight excluding hydrogens is 307 g/mol. The Bertz CT molecular complexity index is 593. The van der Waals surface area contributed by atoms with Crippen molar-refractivity contribution in [1.29, 1.82) is 0 Å². The smallest absolute Gasteiger partial charge is 0.313 e. The van der Waals surface area contributed by atoms with Gasteiger partial charge in [-0.05, 0) is 49.1 Å². The molecule has 0 radical (unpaired) electrons. The van der Waals surface area contributed by atoms with Gasteiger partial charge in [0, 0.05) is 6.04 Å². The minimum Gasteiger partial charge on any atom is -0.345 e. The molecule has 0 aromatic heterocycles. The van der Waals surface area contributed by atoms with Gasteiger partial charge in [-0.25, -0.2) is 4.39 Å². The van der Waals surface area contributed by atoms with Crippen LogP contribution in [0.1, 0.15) is 52.9 Å². The molecule has 1 aromatic carbocycles. The van der Waals surface area contributed by atoms with E-state index >= 15 is 0 Å². The Labute approximate surface area is 143 Å². The van der Waals surface area contributed by atoms with E-state index < -0.39 is 17.6 Å². The highest BCUT2D eigenvalue weighted by atomic mass is 19.1. The maximum Gasteiger partial charge on any atom is 0.313 e. The summed E-state index contributed by atoms with van der Waals surface area (Å²) in [6.45, 7) is 6.79. The third-order valence-corrected chi connectivity index (χ3v) is 5.41. The molecule has 0 unspecified atom stereocenters. The number of hydrogen-bond donors (Lipinski definition) is 2. The van der Waals surface area contributed by atoms with Gasteiger partial charge in [-0.2, -0.15) is 0 Å². The Hall–Kier alpha value is -1.91. The molecule has 0 saturated heterocycles. The standard InChI is InChI=1S/C19H27FN2O2/c1-4-19(2,3)13-9-11-14(12-10-13)21-17(23)18(24)22-16-8-6-5-7-15(16)20/h5-8,13-14H,4,9-12H2,1-3H3,(H,21,23)(H,22,24).